The van der Waals surface area contributed by atoms with E-state index in [-0.39, 0.29) is 11.4 Å². The van der Waals surface area contributed by atoms with Gasteiger partial charge in [-0.05, 0) is 36.8 Å². The molecule has 7 nitrogen and oxygen atoms in total. The van der Waals surface area contributed by atoms with Crippen molar-refractivity contribution in [1.29, 1.82) is 0 Å². The smallest absolute Gasteiger partial charge is 0.246 e. The summed E-state index contributed by atoms with van der Waals surface area (Å²) < 4.78 is 26.7. The van der Waals surface area contributed by atoms with Gasteiger partial charge in [0.25, 0.3) is 0 Å². The maximum atomic E-state index is 13.5. The molecule has 2 aromatic heterocycles. The summed E-state index contributed by atoms with van der Waals surface area (Å²) in [6, 6.07) is 7.26. The van der Waals surface area contributed by atoms with Gasteiger partial charge in [-0.3, -0.25) is 4.79 Å². The molecule has 4 heterocycles. The van der Waals surface area contributed by atoms with E-state index in [1.807, 2.05) is 17.0 Å². The predicted octanol–water partition coefficient (Wildman–Crippen LogP) is 3.02. The van der Waals surface area contributed by atoms with Crippen LogP contribution in [0.25, 0.3) is 11.0 Å². The molecule has 1 spiro atoms. The van der Waals surface area contributed by atoms with Gasteiger partial charge in [-0.2, -0.15) is 0 Å². The second-order valence-electron chi connectivity index (χ2n) is 7.54. The van der Waals surface area contributed by atoms with E-state index in [0.717, 1.165) is 30.9 Å². The first kappa shape index (κ1) is 18.4. The molecule has 0 radical (unpaired) electrons. The van der Waals surface area contributed by atoms with E-state index in [2.05, 4.69) is 26.8 Å². The predicted molar refractivity (Wildman–Crippen MR) is 108 cm³/mol. The molecule has 2 fully saturated rings. The highest BCUT2D eigenvalue weighted by atomic mass is 19.2. The highest BCUT2D eigenvalue weighted by Crippen LogP contribution is 2.41. The Morgan fingerprint density at radius 2 is 2.00 bits per heavy atom. The number of benzene rings is 1. The van der Waals surface area contributed by atoms with E-state index in [4.69, 9.17) is 4.98 Å². The van der Waals surface area contributed by atoms with Crippen molar-refractivity contribution in [3.05, 3.63) is 60.9 Å². The quantitative estimate of drug-likeness (QED) is 0.669. The average Bonchev–Trinajstić information content (AvgIpc) is 2.69. The Morgan fingerprint density at radius 3 is 2.70 bits per heavy atom. The molecule has 2 saturated heterocycles. The Labute approximate surface area is 171 Å². The van der Waals surface area contributed by atoms with Crippen molar-refractivity contribution in [3.63, 3.8) is 0 Å². The Kier molecular flexibility index (Phi) is 4.12. The summed E-state index contributed by atoms with van der Waals surface area (Å²) in [6.45, 7) is 5.72. The number of pyridine rings is 1. The number of hydrogen-bond acceptors (Lipinski definition) is 6. The van der Waals surface area contributed by atoms with E-state index in [1.54, 1.807) is 0 Å². The van der Waals surface area contributed by atoms with Crippen LogP contribution < -0.4 is 10.2 Å². The number of carbonyl (C=O) groups excluding carboxylic acids is 1. The van der Waals surface area contributed by atoms with Gasteiger partial charge < -0.3 is 15.1 Å². The van der Waals surface area contributed by atoms with Gasteiger partial charge in [0.1, 0.15) is 17.7 Å². The van der Waals surface area contributed by atoms with Crippen molar-refractivity contribution in [2.75, 3.05) is 29.9 Å². The van der Waals surface area contributed by atoms with Crippen molar-refractivity contribution in [2.45, 2.75) is 12.0 Å². The molecule has 1 aromatic carbocycles. The summed E-state index contributed by atoms with van der Waals surface area (Å²) in [6.07, 6.45) is 3.70. The summed E-state index contributed by atoms with van der Waals surface area (Å²) in [7, 11) is 0. The van der Waals surface area contributed by atoms with Crippen LogP contribution in [0.3, 0.4) is 0 Å². The Bertz CT molecular complexity index is 1180. The molecular formula is C21H18F2N6O. The van der Waals surface area contributed by atoms with E-state index < -0.39 is 11.6 Å². The number of nitrogens with one attached hydrogen (secondary N) is 1. The van der Waals surface area contributed by atoms with Crippen LogP contribution in [0.2, 0.25) is 0 Å². The number of rotatable bonds is 4. The zero-order valence-electron chi connectivity index (χ0n) is 16.0. The third-order valence-electron chi connectivity index (χ3n) is 5.76. The van der Waals surface area contributed by atoms with Crippen LogP contribution in [0, 0.1) is 11.6 Å². The topological polar surface area (TPSA) is 74.2 Å². The monoisotopic (exact) mass is 408 g/mol. The van der Waals surface area contributed by atoms with E-state index in [9.17, 15) is 13.6 Å². The van der Waals surface area contributed by atoms with E-state index in [0.29, 0.717) is 35.6 Å². The van der Waals surface area contributed by atoms with Crippen molar-refractivity contribution in [1.82, 2.24) is 19.9 Å². The van der Waals surface area contributed by atoms with Crippen LogP contribution in [-0.4, -0.2) is 50.9 Å². The molecule has 2 aliphatic heterocycles. The fourth-order valence-corrected chi connectivity index (χ4v) is 4.06. The summed E-state index contributed by atoms with van der Waals surface area (Å²) in [5, 5.41) is 2.98. The van der Waals surface area contributed by atoms with Gasteiger partial charge in [0.05, 0.1) is 11.1 Å². The first-order chi connectivity index (χ1) is 14.5. The van der Waals surface area contributed by atoms with Crippen LogP contribution >= 0.6 is 0 Å². The molecule has 0 aliphatic carbocycles. The first-order valence-corrected chi connectivity index (χ1v) is 9.52. The second-order valence-corrected chi connectivity index (χ2v) is 7.54. The van der Waals surface area contributed by atoms with Gasteiger partial charge in [0.2, 0.25) is 5.91 Å². The molecule has 9 heteroatoms. The lowest BCUT2D eigenvalue weighted by atomic mass is 9.77. The van der Waals surface area contributed by atoms with Gasteiger partial charge >= 0.3 is 0 Å². The zero-order valence-corrected chi connectivity index (χ0v) is 16.0. The number of aromatic nitrogens is 3. The molecule has 0 saturated carbocycles. The summed E-state index contributed by atoms with van der Waals surface area (Å²) in [4.78, 5) is 29.1. The number of anilines is 3. The lowest BCUT2D eigenvalue weighted by Crippen LogP contribution is -2.78. The van der Waals surface area contributed by atoms with Crippen LogP contribution in [0.4, 0.5) is 26.1 Å². The van der Waals surface area contributed by atoms with Crippen molar-refractivity contribution in [2.24, 2.45) is 0 Å². The summed E-state index contributed by atoms with van der Waals surface area (Å²) in [5.74, 6) is -0.764. The maximum Gasteiger partial charge on any atom is 0.246 e. The second kappa shape index (κ2) is 6.72. The average molecular weight is 408 g/mol. The fourth-order valence-electron chi connectivity index (χ4n) is 4.06. The van der Waals surface area contributed by atoms with E-state index >= 15 is 0 Å². The molecule has 152 valence electrons. The minimum absolute atomic E-state index is 0.0428. The van der Waals surface area contributed by atoms with Crippen molar-refractivity contribution < 1.29 is 13.6 Å². The number of carbonyl (C=O) groups is 1. The van der Waals surface area contributed by atoms with Crippen molar-refractivity contribution >= 4 is 34.3 Å². The SMILES string of the molecule is C=CC(=O)N1CCC12CN(c1ccc3ncnc(Nc4ccc(F)c(F)c4)c3n1)C2. The van der Waals surface area contributed by atoms with Gasteiger partial charge in [-0.1, -0.05) is 6.58 Å². The van der Waals surface area contributed by atoms with Gasteiger partial charge in [0.15, 0.2) is 17.5 Å². The highest BCUT2D eigenvalue weighted by Gasteiger charge is 2.55. The fraction of sp³-hybridized carbons (Fsp3) is 0.238. The number of hydrogen-bond donors (Lipinski definition) is 1. The lowest BCUT2D eigenvalue weighted by Gasteiger charge is -2.62. The van der Waals surface area contributed by atoms with Crippen LogP contribution in [0.5, 0.6) is 0 Å². The number of fused-ring (bicyclic) bond motifs is 1. The van der Waals surface area contributed by atoms with Crippen LogP contribution in [-0.2, 0) is 4.79 Å². The Morgan fingerprint density at radius 1 is 1.17 bits per heavy atom. The Hall–Kier alpha value is -3.62. The number of nitrogens with zero attached hydrogens (tertiary/aromatic N) is 5. The van der Waals surface area contributed by atoms with Crippen LogP contribution in [0.15, 0.2) is 49.3 Å². The highest BCUT2D eigenvalue weighted by molar-refractivity contribution is 5.90. The molecule has 3 aromatic rings. The van der Waals surface area contributed by atoms with Gasteiger partial charge in [-0.15, -0.1) is 0 Å². The molecule has 0 atom stereocenters. The maximum absolute atomic E-state index is 13.5. The molecule has 30 heavy (non-hydrogen) atoms. The third-order valence-corrected chi connectivity index (χ3v) is 5.76. The zero-order chi connectivity index (χ0) is 20.9. The van der Waals surface area contributed by atoms with Gasteiger partial charge in [0, 0.05) is 31.4 Å². The number of amides is 1. The standard InChI is InChI=1S/C21H18F2N6O/c1-2-18(30)29-8-7-21(29)10-28(11-21)17-6-5-16-19(27-17)20(25-12-24-16)26-13-3-4-14(22)15(23)9-13/h2-6,9,12H,1,7-8,10-11H2,(H,24,25,26). The lowest BCUT2D eigenvalue weighted by molar-refractivity contribution is -0.144. The third kappa shape index (κ3) is 2.85. The van der Waals surface area contributed by atoms with Crippen molar-refractivity contribution in [3.8, 4) is 0 Å². The molecule has 2 aliphatic rings. The first-order valence-electron chi connectivity index (χ1n) is 9.52. The van der Waals surface area contributed by atoms with E-state index in [1.165, 1.54) is 18.5 Å². The molecule has 5 rings (SSSR count). The molecule has 1 amide bonds. The normalized spacial score (nSPS) is 16.9. The summed E-state index contributed by atoms with van der Waals surface area (Å²) >= 11 is 0. The summed E-state index contributed by atoms with van der Waals surface area (Å²) in [5.41, 5.74) is 1.37. The Balaban J connectivity index is 1.41. The largest absolute Gasteiger partial charge is 0.352 e. The molecule has 0 bridgehead atoms. The molecule has 1 N–H and O–H groups in total. The molecular weight excluding hydrogens is 390 g/mol. The van der Waals surface area contributed by atoms with Crippen LogP contribution in [0.1, 0.15) is 6.42 Å². The minimum Gasteiger partial charge on any atom is -0.352 e. The minimum atomic E-state index is -0.947. The number of halogens is 2. The number of likely N-dealkylation sites (tertiary alicyclic amines) is 1. The molecule has 0 unspecified atom stereocenters. The van der Waals surface area contributed by atoms with Gasteiger partial charge in [-0.25, -0.2) is 23.7 Å².